The summed E-state index contributed by atoms with van der Waals surface area (Å²) < 4.78 is 4.82. The SMILES string of the molecule is C=CCCOC(=O)[C@H]1[C@H]2C(=O)N(CCCCCCO)C(C(=O)N(CC=C)c3ccccc3Cl)C23CC(Br)[C@@H]1S3. The minimum absolute atomic E-state index is 0.0310. The number of esters is 1. The zero-order chi connectivity index (χ0) is 28.2. The van der Waals surface area contributed by atoms with Gasteiger partial charge in [-0.3, -0.25) is 14.4 Å². The van der Waals surface area contributed by atoms with Crippen LogP contribution in [-0.4, -0.2) is 75.0 Å². The van der Waals surface area contributed by atoms with Gasteiger partial charge in [-0.2, -0.15) is 0 Å². The Hall–Kier alpha value is -1.81. The fourth-order valence-electron chi connectivity index (χ4n) is 6.26. The summed E-state index contributed by atoms with van der Waals surface area (Å²) in [6.45, 7) is 8.52. The van der Waals surface area contributed by atoms with E-state index in [1.807, 2.05) is 6.07 Å². The average Bonchev–Trinajstić information content (AvgIpc) is 3.51. The van der Waals surface area contributed by atoms with Crippen LogP contribution in [0.5, 0.6) is 0 Å². The maximum absolute atomic E-state index is 14.5. The van der Waals surface area contributed by atoms with Crippen molar-refractivity contribution in [3.63, 3.8) is 0 Å². The van der Waals surface area contributed by atoms with Gasteiger partial charge >= 0.3 is 5.97 Å². The molecule has 0 radical (unpaired) electrons. The molecule has 3 heterocycles. The fourth-order valence-corrected chi connectivity index (χ4v) is 10.1. The van der Waals surface area contributed by atoms with Crippen LogP contribution in [0.2, 0.25) is 5.02 Å². The predicted molar refractivity (Wildman–Crippen MR) is 159 cm³/mol. The molecule has 3 fully saturated rings. The van der Waals surface area contributed by atoms with Crippen molar-refractivity contribution in [3.8, 4) is 0 Å². The van der Waals surface area contributed by atoms with Crippen molar-refractivity contribution in [2.75, 3.05) is 31.2 Å². The predicted octanol–water partition coefficient (Wildman–Crippen LogP) is 5.00. The van der Waals surface area contributed by atoms with E-state index < -0.39 is 22.6 Å². The lowest BCUT2D eigenvalue weighted by Gasteiger charge is -2.38. The summed E-state index contributed by atoms with van der Waals surface area (Å²) in [5.41, 5.74) is 0.563. The molecule has 3 saturated heterocycles. The average molecular weight is 640 g/mol. The molecule has 6 atom stereocenters. The van der Waals surface area contributed by atoms with E-state index in [-0.39, 0.29) is 47.6 Å². The zero-order valence-corrected chi connectivity index (χ0v) is 25.1. The molecule has 1 spiro atoms. The number of anilines is 1. The number of thioether (sulfide) groups is 1. The Labute approximate surface area is 248 Å². The fraction of sp³-hybridized carbons (Fsp3) is 0.552. The van der Waals surface area contributed by atoms with Crippen LogP contribution in [0.1, 0.15) is 38.5 Å². The summed E-state index contributed by atoms with van der Waals surface area (Å²) in [6.07, 6.45) is 7.54. The minimum Gasteiger partial charge on any atom is -0.465 e. The maximum Gasteiger partial charge on any atom is 0.310 e. The van der Waals surface area contributed by atoms with Gasteiger partial charge in [0.1, 0.15) is 6.04 Å². The highest BCUT2D eigenvalue weighted by Gasteiger charge is 2.76. The van der Waals surface area contributed by atoms with Crippen LogP contribution in [0.3, 0.4) is 0 Å². The van der Waals surface area contributed by atoms with E-state index in [2.05, 4.69) is 29.1 Å². The van der Waals surface area contributed by atoms with Crippen LogP contribution in [-0.2, 0) is 19.1 Å². The van der Waals surface area contributed by atoms with Crippen molar-refractivity contribution < 1.29 is 24.2 Å². The number of carbonyl (C=O) groups is 3. The number of amides is 2. The number of hydrogen-bond donors (Lipinski definition) is 1. The van der Waals surface area contributed by atoms with Crippen LogP contribution < -0.4 is 4.90 Å². The number of unbranched alkanes of at least 4 members (excludes halogenated alkanes) is 3. The molecule has 1 aromatic carbocycles. The first-order valence-corrected chi connectivity index (χ1v) is 15.7. The number of rotatable bonds is 14. The number of nitrogens with zero attached hydrogens (tertiary/aromatic N) is 2. The standard InChI is InChI=1S/C29H36BrClN2O5S/c1-3-5-17-38-28(37)22-23-26(35)33(15-10-6-7-11-16-34)25(29(23)18-19(30)24(22)39-29)27(36)32(14-4-2)21-13-9-8-12-20(21)31/h3-4,8-9,12-13,19,22-25,34H,1-2,5-7,10-11,14-18H2/t19?,22-,23-,24-,25?,29?/m0/s1. The summed E-state index contributed by atoms with van der Waals surface area (Å²) in [5.74, 6) is -2.03. The monoisotopic (exact) mass is 638 g/mol. The molecule has 10 heteroatoms. The first kappa shape index (κ1) is 30.2. The Balaban J connectivity index is 1.71. The molecule has 1 N–H and O–H groups in total. The Bertz CT molecular complexity index is 1110. The van der Waals surface area contributed by atoms with Gasteiger partial charge in [0.2, 0.25) is 5.91 Å². The van der Waals surface area contributed by atoms with E-state index >= 15 is 0 Å². The van der Waals surface area contributed by atoms with E-state index in [0.717, 1.165) is 12.8 Å². The third kappa shape index (κ3) is 5.69. The van der Waals surface area contributed by atoms with Crippen LogP contribution in [0.4, 0.5) is 5.69 Å². The highest BCUT2D eigenvalue weighted by Crippen LogP contribution is 2.68. The molecule has 0 saturated carbocycles. The van der Waals surface area contributed by atoms with E-state index in [1.54, 1.807) is 51.9 Å². The number of para-hydroxylation sites is 1. The van der Waals surface area contributed by atoms with Crippen molar-refractivity contribution in [1.29, 1.82) is 0 Å². The molecule has 0 aromatic heterocycles. The number of aliphatic hydroxyl groups is 1. The van der Waals surface area contributed by atoms with Gasteiger partial charge in [0.05, 0.1) is 33.9 Å². The van der Waals surface area contributed by atoms with E-state index in [4.69, 9.17) is 21.4 Å². The molecule has 4 rings (SSSR count). The van der Waals surface area contributed by atoms with Crippen molar-refractivity contribution in [1.82, 2.24) is 4.90 Å². The molecular weight excluding hydrogens is 604 g/mol. The van der Waals surface area contributed by atoms with Crippen LogP contribution >= 0.6 is 39.3 Å². The van der Waals surface area contributed by atoms with Gasteiger partial charge in [-0.05, 0) is 37.8 Å². The van der Waals surface area contributed by atoms with E-state index in [1.165, 1.54) is 0 Å². The second kappa shape index (κ2) is 13.2. The molecule has 212 valence electrons. The molecule has 2 bridgehead atoms. The summed E-state index contributed by atoms with van der Waals surface area (Å²) >= 11 is 11.9. The van der Waals surface area contributed by atoms with Gasteiger partial charge in [0, 0.05) is 29.8 Å². The number of benzene rings is 1. The van der Waals surface area contributed by atoms with Gasteiger partial charge in [0.25, 0.3) is 5.91 Å². The smallest absolute Gasteiger partial charge is 0.310 e. The lowest BCUT2D eigenvalue weighted by Crippen LogP contribution is -2.55. The summed E-state index contributed by atoms with van der Waals surface area (Å²) in [4.78, 5) is 45.3. The second-order valence-electron chi connectivity index (χ2n) is 10.3. The largest absolute Gasteiger partial charge is 0.465 e. The van der Waals surface area contributed by atoms with Gasteiger partial charge in [-0.1, -0.05) is 64.7 Å². The van der Waals surface area contributed by atoms with Gasteiger partial charge in [0.15, 0.2) is 0 Å². The number of alkyl halides is 1. The Morgan fingerprint density at radius 1 is 1.23 bits per heavy atom. The molecule has 0 aliphatic carbocycles. The summed E-state index contributed by atoms with van der Waals surface area (Å²) in [6, 6.07) is 6.40. The second-order valence-corrected chi connectivity index (χ2v) is 13.4. The number of hydrogen-bond acceptors (Lipinski definition) is 6. The number of carbonyl (C=O) groups excluding carboxylic acids is 3. The number of fused-ring (bicyclic) bond motifs is 1. The Morgan fingerprint density at radius 2 is 1.97 bits per heavy atom. The molecule has 1 aromatic rings. The van der Waals surface area contributed by atoms with Crippen molar-refractivity contribution in [3.05, 3.63) is 54.6 Å². The Kier molecular flexibility index (Phi) is 10.2. The van der Waals surface area contributed by atoms with E-state index in [9.17, 15) is 14.4 Å². The first-order valence-electron chi connectivity index (χ1n) is 13.5. The van der Waals surface area contributed by atoms with Gasteiger partial charge < -0.3 is 19.6 Å². The molecule has 3 aliphatic heterocycles. The lowest BCUT2D eigenvalue weighted by atomic mass is 9.71. The molecule has 39 heavy (non-hydrogen) atoms. The molecule has 3 aliphatic rings. The third-order valence-electron chi connectivity index (χ3n) is 7.89. The third-order valence-corrected chi connectivity index (χ3v) is 11.4. The van der Waals surface area contributed by atoms with Gasteiger partial charge in [-0.25, -0.2) is 0 Å². The molecular formula is C29H36BrClN2O5S. The van der Waals surface area contributed by atoms with Gasteiger partial charge in [-0.15, -0.1) is 24.9 Å². The number of likely N-dealkylation sites (tertiary alicyclic amines) is 1. The quantitative estimate of drug-likeness (QED) is 0.134. The highest BCUT2D eigenvalue weighted by molar-refractivity contribution is 9.09. The Morgan fingerprint density at radius 3 is 2.67 bits per heavy atom. The zero-order valence-electron chi connectivity index (χ0n) is 22.0. The number of ether oxygens (including phenoxy) is 1. The topological polar surface area (TPSA) is 87.1 Å². The normalized spacial score (nSPS) is 28.8. The maximum atomic E-state index is 14.5. The first-order chi connectivity index (χ1) is 18.8. The van der Waals surface area contributed by atoms with Crippen LogP contribution in [0.25, 0.3) is 0 Å². The lowest BCUT2D eigenvalue weighted by molar-refractivity contribution is -0.154. The minimum atomic E-state index is -0.763. The molecule has 2 amide bonds. The molecule has 7 nitrogen and oxygen atoms in total. The van der Waals surface area contributed by atoms with Crippen molar-refractivity contribution >= 4 is 62.8 Å². The summed E-state index contributed by atoms with van der Waals surface area (Å²) in [5, 5.41) is 9.42. The summed E-state index contributed by atoms with van der Waals surface area (Å²) in [7, 11) is 0. The van der Waals surface area contributed by atoms with Crippen molar-refractivity contribution in [2.45, 2.75) is 59.4 Å². The highest BCUT2D eigenvalue weighted by atomic mass is 79.9. The van der Waals surface area contributed by atoms with Crippen molar-refractivity contribution in [2.24, 2.45) is 11.8 Å². The molecule has 3 unspecified atom stereocenters. The van der Waals surface area contributed by atoms with Crippen LogP contribution in [0.15, 0.2) is 49.6 Å². The van der Waals surface area contributed by atoms with Crippen LogP contribution in [0, 0.1) is 11.8 Å². The number of aliphatic hydroxyl groups excluding tert-OH is 1. The number of halogens is 2. The van der Waals surface area contributed by atoms with E-state index in [0.29, 0.717) is 42.9 Å².